The summed E-state index contributed by atoms with van der Waals surface area (Å²) in [6.45, 7) is 13.9. The van der Waals surface area contributed by atoms with E-state index in [1.165, 1.54) is 5.56 Å². The van der Waals surface area contributed by atoms with Gasteiger partial charge in [0.05, 0.1) is 18.2 Å². The van der Waals surface area contributed by atoms with Crippen LogP contribution in [-0.2, 0) is 19.7 Å². The van der Waals surface area contributed by atoms with Gasteiger partial charge < -0.3 is 25.0 Å². The molecule has 170 valence electrons. The number of carboxylic acids is 2. The molecule has 0 unspecified atom stereocenters. The first-order chi connectivity index (χ1) is 14.2. The molecule has 0 saturated carbocycles. The summed E-state index contributed by atoms with van der Waals surface area (Å²) in [5.41, 5.74) is 1.38. The van der Waals surface area contributed by atoms with Crippen molar-refractivity contribution in [3.8, 4) is 5.75 Å². The Balaban J connectivity index is 0.000000656. The van der Waals surface area contributed by atoms with E-state index in [0.717, 1.165) is 51.5 Å². The number of hydrogen-bond donors (Lipinski definition) is 3. The molecule has 8 nitrogen and oxygen atoms in total. The van der Waals surface area contributed by atoms with Gasteiger partial charge in [0.15, 0.2) is 0 Å². The Morgan fingerprint density at radius 2 is 1.77 bits per heavy atom. The predicted molar refractivity (Wildman–Crippen MR) is 116 cm³/mol. The highest BCUT2D eigenvalue weighted by molar-refractivity contribution is 6.32. The van der Waals surface area contributed by atoms with Crippen LogP contribution in [0.1, 0.15) is 32.8 Å². The number of nitrogens with zero attached hydrogens (tertiary/aromatic N) is 1. The maximum absolute atomic E-state index is 9.10. The van der Waals surface area contributed by atoms with Gasteiger partial charge in [-0.2, -0.15) is 0 Å². The van der Waals surface area contributed by atoms with Crippen molar-refractivity contribution in [2.75, 3.05) is 52.5 Å². The van der Waals surface area contributed by atoms with Gasteiger partial charge in [-0.25, -0.2) is 9.59 Å². The molecule has 1 heterocycles. The second-order valence-electron chi connectivity index (χ2n) is 7.55. The molecule has 9 heteroatoms. The van der Waals surface area contributed by atoms with Crippen molar-refractivity contribution < 1.29 is 29.3 Å². The van der Waals surface area contributed by atoms with Crippen molar-refractivity contribution >= 4 is 23.5 Å². The van der Waals surface area contributed by atoms with Crippen LogP contribution in [0.25, 0.3) is 0 Å². The highest BCUT2D eigenvalue weighted by Gasteiger charge is 2.19. The molecule has 0 spiro atoms. The molecule has 2 rings (SSSR count). The lowest BCUT2D eigenvalue weighted by atomic mass is 9.82. The summed E-state index contributed by atoms with van der Waals surface area (Å²) in [4.78, 5) is 20.6. The molecule has 1 aliphatic rings. The Hall–Kier alpha value is -1.87. The fraction of sp³-hybridized carbons (Fsp3) is 0.619. The van der Waals surface area contributed by atoms with E-state index in [0.29, 0.717) is 18.2 Å². The minimum Gasteiger partial charge on any atom is -0.490 e. The molecule has 1 aromatic carbocycles. The Kier molecular flexibility index (Phi) is 11.7. The zero-order valence-electron chi connectivity index (χ0n) is 17.9. The molecule has 0 amide bonds. The lowest BCUT2D eigenvalue weighted by molar-refractivity contribution is -0.159. The molecule has 30 heavy (non-hydrogen) atoms. The highest BCUT2D eigenvalue weighted by Crippen LogP contribution is 2.33. The van der Waals surface area contributed by atoms with E-state index in [-0.39, 0.29) is 5.41 Å². The van der Waals surface area contributed by atoms with E-state index in [2.05, 4.69) is 37.1 Å². The quantitative estimate of drug-likeness (QED) is 0.394. The fourth-order valence-electron chi connectivity index (χ4n) is 2.68. The van der Waals surface area contributed by atoms with Crippen LogP contribution in [0.4, 0.5) is 0 Å². The summed E-state index contributed by atoms with van der Waals surface area (Å²) >= 11 is 6.36. The van der Waals surface area contributed by atoms with Crippen LogP contribution in [0.3, 0.4) is 0 Å². The fourth-order valence-corrected chi connectivity index (χ4v) is 2.92. The van der Waals surface area contributed by atoms with Gasteiger partial charge in [0.2, 0.25) is 0 Å². The third kappa shape index (κ3) is 9.75. The lowest BCUT2D eigenvalue weighted by Gasteiger charge is -2.26. The zero-order valence-corrected chi connectivity index (χ0v) is 18.7. The number of carboxylic acid groups (broad SMARTS) is 2. The largest absolute Gasteiger partial charge is 0.490 e. The Morgan fingerprint density at radius 1 is 1.13 bits per heavy atom. The second-order valence-corrected chi connectivity index (χ2v) is 7.95. The van der Waals surface area contributed by atoms with Crippen LogP contribution in [0, 0.1) is 0 Å². The van der Waals surface area contributed by atoms with E-state index < -0.39 is 11.9 Å². The van der Waals surface area contributed by atoms with E-state index in [1.54, 1.807) is 0 Å². The standard InChI is InChI=1S/C19H31ClN2O2.C2H2O4/c1-4-19(2,3)16-5-6-18(17(20)15-16)24-14-13-23-12-11-22-9-7-21-8-10-22;3-1(4)2(5)6/h5-6,15,21H,4,7-14H2,1-3H3;(H,3,4)(H,5,6). The third-order valence-electron chi connectivity index (χ3n) is 5.03. The number of hydrogen-bond acceptors (Lipinski definition) is 6. The van der Waals surface area contributed by atoms with Gasteiger partial charge in [-0.15, -0.1) is 0 Å². The van der Waals surface area contributed by atoms with E-state index in [1.807, 2.05) is 12.1 Å². The summed E-state index contributed by atoms with van der Waals surface area (Å²) in [5.74, 6) is -2.91. The third-order valence-corrected chi connectivity index (χ3v) is 5.32. The smallest absolute Gasteiger partial charge is 0.414 e. The second kappa shape index (κ2) is 13.4. The Labute approximate surface area is 183 Å². The molecule has 0 radical (unpaired) electrons. The molecular formula is C21H33ClN2O6. The first-order valence-electron chi connectivity index (χ1n) is 10.1. The Morgan fingerprint density at radius 3 is 2.30 bits per heavy atom. The predicted octanol–water partition coefficient (Wildman–Crippen LogP) is 2.48. The monoisotopic (exact) mass is 444 g/mol. The first-order valence-corrected chi connectivity index (χ1v) is 10.4. The van der Waals surface area contributed by atoms with E-state index in [9.17, 15) is 0 Å². The van der Waals surface area contributed by atoms with Gasteiger partial charge in [0.1, 0.15) is 12.4 Å². The van der Waals surface area contributed by atoms with Crippen LogP contribution >= 0.6 is 11.6 Å². The average molecular weight is 445 g/mol. The summed E-state index contributed by atoms with van der Waals surface area (Å²) in [6, 6.07) is 6.09. The topological polar surface area (TPSA) is 108 Å². The molecule has 1 fully saturated rings. The van der Waals surface area contributed by atoms with Crippen LogP contribution in [0.2, 0.25) is 5.02 Å². The van der Waals surface area contributed by atoms with Crippen LogP contribution < -0.4 is 10.1 Å². The number of benzene rings is 1. The van der Waals surface area contributed by atoms with E-state index >= 15 is 0 Å². The van der Waals surface area contributed by atoms with Gasteiger partial charge in [0.25, 0.3) is 0 Å². The van der Waals surface area contributed by atoms with Gasteiger partial charge >= 0.3 is 11.9 Å². The van der Waals surface area contributed by atoms with Gasteiger partial charge in [-0.1, -0.05) is 38.4 Å². The number of halogens is 1. The number of aliphatic carboxylic acids is 2. The number of piperazine rings is 1. The van der Waals surface area contributed by atoms with E-state index in [4.69, 9.17) is 40.9 Å². The summed E-state index contributed by atoms with van der Waals surface area (Å²) in [5, 5.41) is 18.8. The number of ether oxygens (including phenoxy) is 2. The van der Waals surface area contributed by atoms with Gasteiger partial charge in [-0.3, -0.25) is 4.90 Å². The molecule has 1 aliphatic heterocycles. The average Bonchev–Trinajstić information content (AvgIpc) is 2.72. The van der Waals surface area contributed by atoms with Crippen LogP contribution in [0.15, 0.2) is 18.2 Å². The van der Waals surface area contributed by atoms with Crippen molar-refractivity contribution in [1.82, 2.24) is 10.2 Å². The molecule has 1 saturated heterocycles. The molecule has 0 bridgehead atoms. The lowest BCUT2D eigenvalue weighted by Crippen LogP contribution is -2.44. The SMILES string of the molecule is CCC(C)(C)c1ccc(OCCOCCN2CCNCC2)c(Cl)c1.O=C(O)C(=O)O. The normalized spacial score (nSPS) is 14.5. The number of nitrogens with one attached hydrogen (secondary N) is 1. The van der Waals surface area contributed by atoms with Gasteiger partial charge in [-0.05, 0) is 29.5 Å². The summed E-state index contributed by atoms with van der Waals surface area (Å²) < 4.78 is 11.4. The van der Waals surface area contributed by atoms with Crippen LogP contribution in [0.5, 0.6) is 5.75 Å². The van der Waals surface area contributed by atoms with Crippen LogP contribution in [-0.4, -0.2) is 79.6 Å². The number of carbonyl (C=O) groups is 2. The van der Waals surface area contributed by atoms with Crippen molar-refractivity contribution in [2.24, 2.45) is 0 Å². The molecule has 0 aliphatic carbocycles. The zero-order chi connectivity index (χ0) is 22.6. The first kappa shape index (κ1) is 26.2. The van der Waals surface area contributed by atoms with Crippen molar-refractivity contribution in [2.45, 2.75) is 32.6 Å². The van der Waals surface area contributed by atoms with Crippen molar-refractivity contribution in [3.63, 3.8) is 0 Å². The molecule has 1 aromatic rings. The Bertz CT molecular complexity index is 665. The molecule has 0 aromatic heterocycles. The minimum absolute atomic E-state index is 0.134. The number of rotatable bonds is 9. The molecule has 3 N–H and O–H groups in total. The maximum Gasteiger partial charge on any atom is 0.414 e. The highest BCUT2D eigenvalue weighted by atomic mass is 35.5. The molecular weight excluding hydrogens is 412 g/mol. The molecule has 0 atom stereocenters. The summed E-state index contributed by atoms with van der Waals surface area (Å²) in [7, 11) is 0. The maximum atomic E-state index is 9.10. The summed E-state index contributed by atoms with van der Waals surface area (Å²) in [6.07, 6.45) is 1.07. The van der Waals surface area contributed by atoms with Crippen molar-refractivity contribution in [3.05, 3.63) is 28.8 Å². The van der Waals surface area contributed by atoms with Crippen molar-refractivity contribution in [1.29, 1.82) is 0 Å². The minimum atomic E-state index is -1.82. The van der Waals surface area contributed by atoms with Gasteiger partial charge in [0, 0.05) is 32.7 Å².